The van der Waals surface area contributed by atoms with Crippen LogP contribution in [0.25, 0.3) is 0 Å². The van der Waals surface area contributed by atoms with Crippen LogP contribution in [-0.2, 0) is 10.8 Å². The van der Waals surface area contributed by atoms with Crippen molar-refractivity contribution in [3.05, 3.63) is 0 Å². The maximum absolute atomic E-state index is 10.8. The highest BCUT2D eigenvalue weighted by atomic mass is 32.2. The van der Waals surface area contributed by atoms with Crippen LogP contribution in [0.4, 0.5) is 0 Å². The molecule has 1 N–H and O–H groups in total. The van der Waals surface area contributed by atoms with Crippen LogP contribution in [0, 0.1) is 5.92 Å². The van der Waals surface area contributed by atoms with Crippen LogP contribution in [0.1, 0.15) is 26.2 Å². The van der Waals surface area contributed by atoms with E-state index in [9.17, 15) is 4.21 Å². The molecule has 2 unspecified atom stereocenters. The van der Waals surface area contributed by atoms with Gasteiger partial charge in [-0.2, -0.15) is 0 Å². The Morgan fingerprint density at radius 3 is 2.75 bits per heavy atom. The summed E-state index contributed by atoms with van der Waals surface area (Å²) >= 11 is 0. The number of hydrogen-bond donors (Lipinski definition) is 1. The van der Waals surface area contributed by atoms with Crippen molar-refractivity contribution in [1.82, 2.24) is 5.32 Å². The highest BCUT2D eigenvalue weighted by Crippen LogP contribution is 2.27. The van der Waals surface area contributed by atoms with Gasteiger partial charge in [0, 0.05) is 28.9 Å². The molecule has 2 nitrogen and oxygen atoms in total. The highest BCUT2D eigenvalue weighted by Gasteiger charge is 2.21. The zero-order chi connectivity index (χ0) is 8.97. The average molecular weight is 189 g/mol. The molecular formula is C9H19NOS. The molecule has 0 aliphatic heterocycles. The molecule has 0 aromatic heterocycles. The van der Waals surface area contributed by atoms with Crippen LogP contribution in [-0.4, -0.2) is 28.8 Å². The van der Waals surface area contributed by atoms with Crippen molar-refractivity contribution < 1.29 is 4.21 Å². The van der Waals surface area contributed by atoms with E-state index in [1.54, 1.807) is 6.26 Å². The summed E-state index contributed by atoms with van der Waals surface area (Å²) in [6.45, 7) is 3.34. The third kappa shape index (κ3) is 4.88. The Morgan fingerprint density at radius 1 is 1.58 bits per heavy atom. The molecule has 0 bridgehead atoms. The van der Waals surface area contributed by atoms with Gasteiger partial charge in [0.05, 0.1) is 0 Å². The lowest BCUT2D eigenvalue weighted by molar-refractivity contribution is 0.517. The largest absolute Gasteiger partial charge is 0.314 e. The van der Waals surface area contributed by atoms with E-state index in [4.69, 9.17) is 0 Å². The maximum atomic E-state index is 10.8. The Balaban J connectivity index is 1.94. The molecule has 1 aliphatic rings. The smallest absolute Gasteiger partial charge is 0.0246 e. The minimum atomic E-state index is -0.625. The van der Waals surface area contributed by atoms with Gasteiger partial charge in [-0.25, -0.2) is 0 Å². The van der Waals surface area contributed by atoms with E-state index in [1.807, 2.05) is 0 Å². The predicted molar refractivity (Wildman–Crippen MR) is 53.7 cm³/mol. The first-order valence-electron chi connectivity index (χ1n) is 4.72. The van der Waals surface area contributed by atoms with E-state index in [2.05, 4.69) is 12.2 Å². The molecule has 72 valence electrons. The van der Waals surface area contributed by atoms with Crippen molar-refractivity contribution in [1.29, 1.82) is 0 Å². The summed E-state index contributed by atoms with van der Waals surface area (Å²) in [4.78, 5) is 0. The molecule has 0 amide bonds. The topological polar surface area (TPSA) is 29.1 Å². The van der Waals surface area contributed by atoms with Crippen LogP contribution < -0.4 is 5.32 Å². The molecule has 0 spiro atoms. The number of nitrogens with one attached hydrogen (secondary N) is 1. The first-order valence-corrected chi connectivity index (χ1v) is 6.44. The summed E-state index contributed by atoms with van der Waals surface area (Å²) in [5, 5.41) is 3.47. The van der Waals surface area contributed by atoms with E-state index in [0.717, 1.165) is 24.6 Å². The molecule has 0 saturated heterocycles. The lowest BCUT2D eigenvalue weighted by Gasteiger charge is -2.11. The van der Waals surface area contributed by atoms with E-state index in [0.29, 0.717) is 6.04 Å². The second-order valence-corrected chi connectivity index (χ2v) is 5.37. The minimum Gasteiger partial charge on any atom is -0.314 e. The fourth-order valence-electron chi connectivity index (χ4n) is 1.13. The standard InChI is InChI=1S/C9H19NOS/c1-8(5-6-12(2)11)10-7-9-3-4-9/h8-10H,3-7H2,1-2H3. The van der Waals surface area contributed by atoms with Crippen molar-refractivity contribution in [3.8, 4) is 0 Å². The maximum Gasteiger partial charge on any atom is 0.0246 e. The number of rotatable bonds is 6. The summed E-state index contributed by atoms with van der Waals surface area (Å²) in [6.07, 6.45) is 5.61. The van der Waals surface area contributed by atoms with Crippen LogP contribution in [0.15, 0.2) is 0 Å². The van der Waals surface area contributed by atoms with Gasteiger partial charge in [0.25, 0.3) is 0 Å². The summed E-state index contributed by atoms with van der Waals surface area (Å²) in [6, 6.07) is 0.537. The van der Waals surface area contributed by atoms with Gasteiger partial charge in [-0.15, -0.1) is 0 Å². The lowest BCUT2D eigenvalue weighted by Crippen LogP contribution is -2.29. The van der Waals surface area contributed by atoms with Crippen LogP contribution in [0.2, 0.25) is 0 Å². The molecule has 1 aliphatic carbocycles. The van der Waals surface area contributed by atoms with Crippen molar-refractivity contribution in [2.45, 2.75) is 32.2 Å². The second kappa shape index (κ2) is 4.97. The number of hydrogen-bond acceptors (Lipinski definition) is 2. The molecule has 1 rings (SSSR count). The van der Waals surface area contributed by atoms with Gasteiger partial charge in [0.15, 0.2) is 0 Å². The molecule has 0 aromatic carbocycles. The zero-order valence-electron chi connectivity index (χ0n) is 8.01. The van der Waals surface area contributed by atoms with Crippen LogP contribution >= 0.6 is 0 Å². The SMILES string of the molecule is CC(CCS(C)=O)NCC1CC1. The predicted octanol–water partition coefficient (Wildman–Crippen LogP) is 1.14. The molecule has 12 heavy (non-hydrogen) atoms. The molecule has 1 saturated carbocycles. The first kappa shape index (κ1) is 10.2. The normalized spacial score (nSPS) is 22.2. The first-order chi connectivity index (χ1) is 5.68. The van der Waals surface area contributed by atoms with Gasteiger partial charge in [-0.3, -0.25) is 4.21 Å². The highest BCUT2D eigenvalue weighted by molar-refractivity contribution is 7.84. The Morgan fingerprint density at radius 2 is 2.25 bits per heavy atom. The molecule has 0 aromatic rings. The second-order valence-electron chi connectivity index (χ2n) is 3.82. The third-order valence-corrected chi connectivity index (χ3v) is 3.10. The van der Waals surface area contributed by atoms with Crippen LogP contribution in [0.5, 0.6) is 0 Å². The van der Waals surface area contributed by atoms with Crippen LogP contribution in [0.3, 0.4) is 0 Å². The average Bonchev–Trinajstić information content (AvgIpc) is 2.80. The quantitative estimate of drug-likeness (QED) is 0.679. The Labute approximate surface area is 77.6 Å². The fourth-order valence-corrected chi connectivity index (χ4v) is 1.82. The van der Waals surface area contributed by atoms with Crippen molar-refractivity contribution in [3.63, 3.8) is 0 Å². The van der Waals surface area contributed by atoms with Gasteiger partial charge < -0.3 is 5.32 Å². The molecular weight excluding hydrogens is 170 g/mol. The summed E-state index contributed by atoms with van der Waals surface area (Å²) in [5.41, 5.74) is 0. The van der Waals surface area contributed by atoms with Gasteiger partial charge in [-0.05, 0) is 38.6 Å². The van der Waals surface area contributed by atoms with Crippen molar-refractivity contribution in [2.75, 3.05) is 18.6 Å². The van der Waals surface area contributed by atoms with Gasteiger partial charge >= 0.3 is 0 Å². The minimum absolute atomic E-state index is 0.537. The summed E-state index contributed by atoms with van der Waals surface area (Å²) in [5.74, 6) is 1.78. The molecule has 3 heteroatoms. The monoisotopic (exact) mass is 189 g/mol. The van der Waals surface area contributed by atoms with Gasteiger partial charge in [-0.1, -0.05) is 0 Å². The van der Waals surface area contributed by atoms with Gasteiger partial charge in [0.1, 0.15) is 0 Å². The van der Waals surface area contributed by atoms with Crippen molar-refractivity contribution >= 4 is 10.8 Å². The Kier molecular flexibility index (Phi) is 4.22. The van der Waals surface area contributed by atoms with E-state index in [1.165, 1.54) is 12.8 Å². The van der Waals surface area contributed by atoms with Crippen molar-refractivity contribution in [2.24, 2.45) is 5.92 Å². The fraction of sp³-hybridized carbons (Fsp3) is 1.00. The molecule has 2 atom stereocenters. The summed E-state index contributed by atoms with van der Waals surface area (Å²) in [7, 11) is -0.625. The van der Waals surface area contributed by atoms with Gasteiger partial charge in [0.2, 0.25) is 0 Å². The van der Waals surface area contributed by atoms with E-state index in [-0.39, 0.29) is 0 Å². The third-order valence-electron chi connectivity index (χ3n) is 2.29. The lowest BCUT2D eigenvalue weighted by atomic mass is 10.2. The Bertz CT molecular complexity index is 157. The summed E-state index contributed by atoms with van der Waals surface area (Å²) < 4.78 is 10.8. The molecule has 0 heterocycles. The Hall–Kier alpha value is 0.110. The zero-order valence-corrected chi connectivity index (χ0v) is 8.82. The van der Waals surface area contributed by atoms with E-state index < -0.39 is 10.8 Å². The molecule has 1 fully saturated rings. The molecule has 0 radical (unpaired) electrons. The van der Waals surface area contributed by atoms with E-state index >= 15 is 0 Å².